The molecule has 0 bridgehead atoms. The Hall–Kier alpha value is -3.43. The predicted octanol–water partition coefficient (Wildman–Crippen LogP) is 2.14. The molecule has 1 fully saturated rings. The van der Waals surface area contributed by atoms with Crippen LogP contribution in [0.2, 0.25) is 0 Å². The molecule has 3 aromatic rings. The van der Waals surface area contributed by atoms with Gasteiger partial charge in [-0.25, -0.2) is 4.98 Å². The van der Waals surface area contributed by atoms with Crippen LogP contribution in [0.4, 0.5) is 0 Å². The molecular weight excluding hydrogens is 412 g/mol. The van der Waals surface area contributed by atoms with Crippen LogP contribution < -0.4 is 19.8 Å². The van der Waals surface area contributed by atoms with Gasteiger partial charge in [0, 0.05) is 18.7 Å². The summed E-state index contributed by atoms with van der Waals surface area (Å²) in [6.07, 6.45) is 1.59. The van der Waals surface area contributed by atoms with E-state index in [4.69, 9.17) is 23.9 Å². The maximum Gasteiger partial charge on any atom is 0.282 e. The monoisotopic (exact) mass is 438 g/mol. The summed E-state index contributed by atoms with van der Waals surface area (Å²) < 4.78 is 23.0. The number of morpholine rings is 1. The minimum Gasteiger partial charge on any atom is -0.493 e. The summed E-state index contributed by atoms with van der Waals surface area (Å²) in [6, 6.07) is 10.8. The number of para-hydroxylation sites is 1. The first kappa shape index (κ1) is 21.8. The average molecular weight is 438 g/mol. The number of methoxy groups -OCH3 is 3. The molecule has 32 heavy (non-hydrogen) atoms. The molecule has 1 aromatic heterocycles. The summed E-state index contributed by atoms with van der Waals surface area (Å²) >= 11 is 0. The van der Waals surface area contributed by atoms with Crippen molar-refractivity contribution in [3.8, 4) is 17.2 Å². The fraction of sp³-hybridized carbons (Fsp3) is 0.348. The molecule has 9 heteroatoms. The lowest BCUT2D eigenvalue weighted by Crippen LogP contribution is -2.37. The predicted molar refractivity (Wildman–Crippen MR) is 121 cm³/mol. The molecule has 168 valence electrons. The Labute approximate surface area is 185 Å². The van der Waals surface area contributed by atoms with E-state index in [2.05, 4.69) is 10.0 Å². The highest BCUT2D eigenvalue weighted by atomic mass is 16.5. The lowest BCUT2D eigenvalue weighted by molar-refractivity contribution is 0.0325. The molecule has 0 amide bonds. The normalized spacial score (nSPS) is 14.7. The number of hydrogen-bond donors (Lipinski definition) is 0. The van der Waals surface area contributed by atoms with E-state index in [1.165, 1.54) is 4.68 Å². The Bertz CT molecular complexity index is 1160. The second-order valence-corrected chi connectivity index (χ2v) is 7.25. The Kier molecular flexibility index (Phi) is 6.67. The van der Waals surface area contributed by atoms with Crippen molar-refractivity contribution in [3.05, 3.63) is 58.1 Å². The molecule has 2 aromatic carbocycles. The van der Waals surface area contributed by atoms with Gasteiger partial charge in [0.1, 0.15) is 5.82 Å². The third-order valence-electron chi connectivity index (χ3n) is 5.30. The third-order valence-corrected chi connectivity index (χ3v) is 5.30. The standard InChI is InChI=1S/C23H26N4O5/c1-29-19-12-16(13-20(30-2)22(19)31-3)14-24-27-21(15-26-8-10-32-11-9-26)25-18-7-5-4-6-17(18)23(27)28/h4-7,12-14H,8-11,15H2,1-3H3. The first-order valence-corrected chi connectivity index (χ1v) is 10.3. The minimum absolute atomic E-state index is 0.220. The van der Waals surface area contributed by atoms with E-state index in [0.29, 0.717) is 59.3 Å². The molecule has 9 nitrogen and oxygen atoms in total. The second kappa shape index (κ2) is 9.80. The fourth-order valence-electron chi connectivity index (χ4n) is 3.65. The summed E-state index contributed by atoms with van der Waals surface area (Å²) in [4.78, 5) is 20.2. The SMILES string of the molecule is COc1cc(C=Nn2c(CN3CCOCC3)nc3ccccc3c2=O)cc(OC)c1OC. The number of aromatic nitrogens is 2. The number of hydrogen-bond acceptors (Lipinski definition) is 8. The average Bonchev–Trinajstić information content (AvgIpc) is 2.83. The first-order chi connectivity index (χ1) is 15.6. The van der Waals surface area contributed by atoms with Crippen LogP contribution in [0.3, 0.4) is 0 Å². The van der Waals surface area contributed by atoms with Crippen molar-refractivity contribution in [2.75, 3.05) is 47.6 Å². The van der Waals surface area contributed by atoms with Crippen LogP contribution in [-0.2, 0) is 11.3 Å². The molecule has 0 spiro atoms. The zero-order valence-corrected chi connectivity index (χ0v) is 18.4. The van der Waals surface area contributed by atoms with E-state index in [1.54, 1.807) is 45.7 Å². The van der Waals surface area contributed by atoms with Crippen LogP contribution in [0, 0.1) is 0 Å². The molecule has 0 unspecified atom stereocenters. The molecule has 1 saturated heterocycles. The Morgan fingerprint density at radius 1 is 1.06 bits per heavy atom. The fourth-order valence-corrected chi connectivity index (χ4v) is 3.65. The highest BCUT2D eigenvalue weighted by molar-refractivity contribution is 5.83. The molecule has 2 heterocycles. The van der Waals surface area contributed by atoms with Gasteiger partial charge in [-0.2, -0.15) is 9.78 Å². The van der Waals surface area contributed by atoms with Crippen molar-refractivity contribution in [3.63, 3.8) is 0 Å². The van der Waals surface area contributed by atoms with Crippen LogP contribution in [0.25, 0.3) is 10.9 Å². The van der Waals surface area contributed by atoms with Gasteiger partial charge in [0.2, 0.25) is 5.75 Å². The Morgan fingerprint density at radius 3 is 2.41 bits per heavy atom. The van der Waals surface area contributed by atoms with Gasteiger partial charge in [-0.1, -0.05) is 12.1 Å². The van der Waals surface area contributed by atoms with Crippen molar-refractivity contribution in [1.82, 2.24) is 14.6 Å². The molecule has 0 N–H and O–H groups in total. The smallest absolute Gasteiger partial charge is 0.282 e. The van der Waals surface area contributed by atoms with Crippen LogP contribution in [-0.4, -0.2) is 68.4 Å². The van der Waals surface area contributed by atoms with Crippen molar-refractivity contribution >= 4 is 17.1 Å². The number of nitrogens with zero attached hydrogens (tertiary/aromatic N) is 4. The highest BCUT2D eigenvalue weighted by Gasteiger charge is 2.17. The zero-order valence-electron chi connectivity index (χ0n) is 18.4. The Balaban J connectivity index is 1.77. The van der Waals surface area contributed by atoms with Gasteiger partial charge in [-0.05, 0) is 24.3 Å². The number of ether oxygens (including phenoxy) is 4. The van der Waals surface area contributed by atoms with Gasteiger partial charge < -0.3 is 18.9 Å². The van der Waals surface area contributed by atoms with Crippen LogP contribution in [0.1, 0.15) is 11.4 Å². The van der Waals surface area contributed by atoms with Gasteiger partial charge in [0.05, 0.1) is 58.2 Å². The summed E-state index contributed by atoms with van der Waals surface area (Å²) in [6.45, 7) is 3.37. The maximum absolute atomic E-state index is 13.3. The van der Waals surface area contributed by atoms with Gasteiger partial charge >= 0.3 is 0 Å². The quantitative estimate of drug-likeness (QED) is 0.522. The topological polar surface area (TPSA) is 87.4 Å². The lowest BCUT2D eigenvalue weighted by Gasteiger charge is -2.26. The summed E-state index contributed by atoms with van der Waals surface area (Å²) in [7, 11) is 4.65. The highest BCUT2D eigenvalue weighted by Crippen LogP contribution is 2.37. The van der Waals surface area contributed by atoms with E-state index in [-0.39, 0.29) is 5.56 Å². The van der Waals surface area contributed by atoms with Gasteiger partial charge in [-0.15, -0.1) is 0 Å². The third kappa shape index (κ3) is 4.44. The minimum atomic E-state index is -0.220. The lowest BCUT2D eigenvalue weighted by atomic mass is 10.2. The van der Waals surface area contributed by atoms with Crippen LogP contribution in [0.15, 0.2) is 46.3 Å². The molecule has 0 atom stereocenters. The molecule has 0 saturated carbocycles. The van der Waals surface area contributed by atoms with Crippen molar-refractivity contribution in [1.29, 1.82) is 0 Å². The van der Waals surface area contributed by atoms with E-state index in [1.807, 2.05) is 18.2 Å². The van der Waals surface area contributed by atoms with Gasteiger partial charge in [-0.3, -0.25) is 9.69 Å². The van der Waals surface area contributed by atoms with E-state index in [0.717, 1.165) is 13.1 Å². The van der Waals surface area contributed by atoms with E-state index in [9.17, 15) is 4.79 Å². The molecular formula is C23H26N4O5. The second-order valence-electron chi connectivity index (χ2n) is 7.25. The van der Waals surface area contributed by atoms with Crippen molar-refractivity contribution in [2.24, 2.45) is 5.10 Å². The van der Waals surface area contributed by atoms with Crippen LogP contribution in [0.5, 0.6) is 17.2 Å². The molecule has 0 aliphatic carbocycles. The molecule has 1 aliphatic heterocycles. The summed E-state index contributed by atoms with van der Waals surface area (Å²) in [5.41, 5.74) is 1.12. The van der Waals surface area contributed by atoms with Crippen LogP contribution >= 0.6 is 0 Å². The number of rotatable bonds is 7. The molecule has 1 aliphatic rings. The Morgan fingerprint density at radius 2 is 1.75 bits per heavy atom. The zero-order chi connectivity index (χ0) is 22.5. The number of fused-ring (bicyclic) bond motifs is 1. The van der Waals surface area contributed by atoms with Gasteiger partial charge in [0.25, 0.3) is 5.56 Å². The summed E-state index contributed by atoms with van der Waals surface area (Å²) in [5.74, 6) is 2.07. The largest absolute Gasteiger partial charge is 0.493 e. The molecule has 0 radical (unpaired) electrons. The van der Waals surface area contributed by atoms with Crippen molar-refractivity contribution < 1.29 is 18.9 Å². The van der Waals surface area contributed by atoms with Crippen molar-refractivity contribution in [2.45, 2.75) is 6.54 Å². The number of benzene rings is 2. The summed E-state index contributed by atoms with van der Waals surface area (Å²) in [5, 5.41) is 5.02. The van der Waals surface area contributed by atoms with E-state index >= 15 is 0 Å². The first-order valence-electron chi connectivity index (χ1n) is 10.3. The maximum atomic E-state index is 13.3. The molecule has 4 rings (SSSR count). The van der Waals surface area contributed by atoms with Gasteiger partial charge in [0.15, 0.2) is 11.5 Å². The van der Waals surface area contributed by atoms with E-state index < -0.39 is 0 Å².